The summed E-state index contributed by atoms with van der Waals surface area (Å²) >= 11 is 0. The summed E-state index contributed by atoms with van der Waals surface area (Å²) in [5, 5.41) is 0. The van der Waals surface area contributed by atoms with Crippen molar-refractivity contribution in [1.29, 1.82) is 0 Å². The number of likely N-dealkylation sites (tertiary alicyclic amines) is 1. The number of hydrogen-bond acceptors (Lipinski definition) is 3. The first-order valence-corrected chi connectivity index (χ1v) is 7.41. The fourth-order valence-corrected chi connectivity index (χ4v) is 2.97. The molecule has 2 saturated heterocycles. The van der Waals surface area contributed by atoms with Gasteiger partial charge in [0.1, 0.15) is 0 Å². The molecule has 20 heavy (non-hydrogen) atoms. The number of rotatable bonds is 3. The van der Waals surface area contributed by atoms with Crippen LogP contribution >= 0.6 is 0 Å². The predicted molar refractivity (Wildman–Crippen MR) is 77.3 cm³/mol. The lowest BCUT2D eigenvalue weighted by molar-refractivity contribution is -0.146. The molecule has 2 fully saturated rings. The fraction of sp³-hybridized carbons (Fsp3) is 0.562. The van der Waals surface area contributed by atoms with Gasteiger partial charge in [0.2, 0.25) is 5.91 Å². The zero-order valence-corrected chi connectivity index (χ0v) is 12.0. The van der Waals surface area contributed by atoms with Gasteiger partial charge in [0.25, 0.3) is 0 Å². The molecule has 0 radical (unpaired) electrons. The second kappa shape index (κ2) is 5.94. The van der Waals surface area contributed by atoms with E-state index in [1.165, 1.54) is 5.56 Å². The Balaban J connectivity index is 1.52. The SMILES string of the molecule is CC(c1ccccc1)N1CC(C(=O)N2CCOCC2)C1. The maximum Gasteiger partial charge on any atom is 0.228 e. The molecule has 4 heteroatoms. The summed E-state index contributed by atoms with van der Waals surface area (Å²) in [7, 11) is 0. The molecule has 0 bridgehead atoms. The Kier molecular flexibility index (Phi) is 4.03. The van der Waals surface area contributed by atoms with E-state index < -0.39 is 0 Å². The summed E-state index contributed by atoms with van der Waals surface area (Å²) in [5.41, 5.74) is 1.32. The standard InChI is InChI=1S/C16H22N2O2/c1-13(14-5-3-2-4-6-14)18-11-15(12-18)16(19)17-7-9-20-10-8-17/h2-6,13,15H,7-12H2,1H3. The van der Waals surface area contributed by atoms with E-state index in [2.05, 4.69) is 36.1 Å². The highest BCUT2D eigenvalue weighted by Gasteiger charge is 2.37. The van der Waals surface area contributed by atoms with E-state index in [9.17, 15) is 4.79 Å². The molecule has 0 N–H and O–H groups in total. The van der Waals surface area contributed by atoms with Gasteiger partial charge in [0.15, 0.2) is 0 Å². The van der Waals surface area contributed by atoms with Gasteiger partial charge in [0, 0.05) is 32.2 Å². The monoisotopic (exact) mass is 274 g/mol. The number of nitrogens with zero attached hydrogens (tertiary/aromatic N) is 2. The lowest BCUT2D eigenvalue weighted by atomic mass is 9.94. The van der Waals surface area contributed by atoms with Crippen molar-refractivity contribution in [1.82, 2.24) is 9.80 Å². The van der Waals surface area contributed by atoms with E-state index in [1.807, 2.05) is 11.0 Å². The van der Waals surface area contributed by atoms with Crippen molar-refractivity contribution >= 4 is 5.91 Å². The second-order valence-corrected chi connectivity index (χ2v) is 5.68. The number of amides is 1. The van der Waals surface area contributed by atoms with Crippen molar-refractivity contribution in [2.75, 3.05) is 39.4 Å². The van der Waals surface area contributed by atoms with Gasteiger partial charge in [-0.15, -0.1) is 0 Å². The average Bonchev–Trinajstić information content (AvgIpc) is 2.47. The Bertz CT molecular complexity index is 451. The van der Waals surface area contributed by atoms with Gasteiger partial charge >= 0.3 is 0 Å². The minimum absolute atomic E-state index is 0.180. The summed E-state index contributed by atoms with van der Waals surface area (Å²) in [6.45, 7) is 6.85. The molecule has 1 unspecified atom stereocenters. The molecule has 2 heterocycles. The molecular weight excluding hydrogens is 252 g/mol. The van der Waals surface area contributed by atoms with E-state index in [1.54, 1.807) is 0 Å². The highest BCUT2D eigenvalue weighted by atomic mass is 16.5. The first kappa shape index (κ1) is 13.6. The van der Waals surface area contributed by atoms with Crippen LogP contribution in [0.5, 0.6) is 0 Å². The normalized spacial score (nSPS) is 22.4. The predicted octanol–water partition coefficient (Wildman–Crippen LogP) is 1.54. The molecule has 0 saturated carbocycles. The molecule has 0 aromatic heterocycles. The topological polar surface area (TPSA) is 32.8 Å². The number of carbonyl (C=O) groups excluding carboxylic acids is 1. The molecule has 0 spiro atoms. The van der Waals surface area contributed by atoms with Crippen LogP contribution in [0.3, 0.4) is 0 Å². The summed E-state index contributed by atoms with van der Waals surface area (Å²) in [4.78, 5) is 16.7. The maximum absolute atomic E-state index is 12.3. The van der Waals surface area contributed by atoms with Crippen LogP contribution in [0.2, 0.25) is 0 Å². The molecule has 1 amide bonds. The molecule has 1 aromatic carbocycles. The van der Waals surface area contributed by atoms with Gasteiger partial charge in [-0.05, 0) is 12.5 Å². The van der Waals surface area contributed by atoms with Gasteiger partial charge in [-0.3, -0.25) is 9.69 Å². The Labute approximate surface area is 120 Å². The fourth-order valence-electron chi connectivity index (χ4n) is 2.97. The number of benzene rings is 1. The minimum atomic E-state index is 0.180. The van der Waals surface area contributed by atoms with E-state index in [4.69, 9.17) is 4.74 Å². The molecule has 2 aliphatic heterocycles. The van der Waals surface area contributed by atoms with Crippen LogP contribution in [0, 0.1) is 5.92 Å². The first-order valence-electron chi connectivity index (χ1n) is 7.41. The third-order valence-electron chi connectivity index (χ3n) is 4.41. The largest absolute Gasteiger partial charge is 0.378 e. The number of hydrogen-bond donors (Lipinski definition) is 0. The number of morpholine rings is 1. The number of ether oxygens (including phenoxy) is 1. The van der Waals surface area contributed by atoms with Crippen LogP contribution in [-0.2, 0) is 9.53 Å². The van der Waals surface area contributed by atoms with Crippen LogP contribution in [0.4, 0.5) is 0 Å². The quantitative estimate of drug-likeness (QED) is 0.838. The van der Waals surface area contributed by atoms with Gasteiger partial charge in [-0.2, -0.15) is 0 Å². The third kappa shape index (κ3) is 2.72. The summed E-state index contributed by atoms with van der Waals surface area (Å²) in [6, 6.07) is 10.9. The van der Waals surface area contributed by atoms with Crippen molar-refractivity contribution < 1.29 is 9.53 Å². The number of carbonyl (C=O) groups is 1. The van der Waals surface area contributed by atoms with Crippen molar-refractivity contribution in [2.24, 2.45) is 5.92 Å². The van der Waals surface area contributed by atoms with Crippen molar-refractivity contribution in [3.05, 3.63) is 35.9 Å². The molecule has 3 rings (SSSR count). The second-order valence-electron chi connectivity index (χ2n) is 5.68. The van der Waals surface area contributed by atoms with Crippen LogP contribution in [0.25, 0.3) is 0 Å². The molecule has 1 aromatic rings. The Hall–Kier alpha value is -1.39. The van der Waals surface area contributed by atoms with E-state index >= 15 is 0 Å². The Morgan fingerprint density at radius 3 is 2.50 bits per heavy atom. The zero-order chi connectivity index (χ0) is 13.9. The molecular formula is C16H22N2O2. The summed E-state index contributed by atoms with van der Waals surface area (Å²) in [6.07, 6.45) is 0. The van der Waals surface area contributed by atoms with Crippen LogP contribution in [0.15, 0.2) is 30.3 Å². The summed E-state index contributed by atoms with van der Waals surface area (Å²) in [5.74, 6) is 0.490. The third-order valence-corrected chi connectivity index (χ3v) is 4.41. The molecule has 108 valence electrons. The molecule has 4 nitrogen and oxygen atoms in total. The lowest BCUT2D eigenvalue weighted by Gasteiger charge is -2.44. The van der Waals surface area contributed by atoms with E-state index in [-0.39, 0.29) is 5.92 Å². The maximum atomic E-state index is 12.3. The van der Waals surface area contributed by atoms with Gasteiger partial charge in [-0.1, -0.05) is 30.3 Å². The smallest absolute Gasteiger partial charge is 0.228 e. The van der Waals surface area contributed by atoms with Gasteiger partial charge in [0.05, 0.1) is 19.1 Å². The van der Waals surface area contributed by atoms with Crippen LogP contribution in [0.1, 0.15) is 18.5 Å². The van der Waals surface area contributed by atoms with Gasteiger partial charge < -0.3 is 9.64 Å². The minimum Gasteiger partial charge on any atom is -0.378 e. The van der Waals surface area contributed by atoms with Crippen molar-refractivity contribution in [2.45, 2.75) is 13.0 Å². The molecule has 2 aliphatic rings. The van der Waals surface area contributed by atoms with Crippen LogP contribution in [-0.4, -0.2) is 55.1 Å². The Morgan fingerprint density at radius 1 is 1.20 bits per heavy atom. The zero-order valence-electron chi connectivity index (χ0n) is 12.0. The first-order chi connectivity index (χ1) is 9.75. The van der Waals surface area contributed by atoms with Crippen molar-refractivity contribution in [3.63, 3.8) is 0 Å². The van der Waals surface area contributed by atoms with Crippen molar-refractivity contribution in [3.8, 4) is 0 Å². The molecule has 1 atom stereocenters. The highest BCUT2D eigenvalue weighted by molar-refractivity contribution is 5.80. The van der Waals surface area contributed by atoms with Crippen LogP contribution < -0.4 is 0 Å². The van der Waals surface area contributed by atoms with Gasteiger partial charge in [-0.25, -0.2) is 0 Å². The highest BCUT2D eigenvalue weighted by Crippen LogP contribution is 2.29. The summed E-state index contributed by atoms with van der Waals surface area (Å²) < 4.78 is 5.29. The Morgan fingerprint density at radius 2 is 1.85 bits per heavy atom. The lowest BCUT2D eigenvalue weighted by Crippen LogP contribution is -2.56. The van der Waals surface area contributed by atoms with E-state index in [0.717, 1.165) is 26.2 Å². The van der Waals surface area contributed by atoms with E-state index in [0.29, 0.717) is 25.2 Å². The average molecular weight is 274 g/mol. The molecule has 0 aliphatic carbocycles.